The van der Waals surface area contributed by atoms with Gasteiger partial charge in [-0.3, -0.25) is 5.10 Å². The molecule has 0 saturated heterocycles. The smallest absolute Gasteiger partial charge is 0.153 e. The van der Waals surface area contributed by atoms with Gasteiger partial charge < -0.3 is 4.42 Å². The molecule has 0 radical (unpaired) electrons. The zero-order chi connectivity index (χ0) is 10.7. The van der Waals surface area contributed by atoms with Gasteiger partial charge in [0.2, 0.25) is 0 Å². The van der Waals surface area contributed by atoms with Gasteiger partial charge in [0, 0.05) is 18.8 Å². The van der Waals surface area contributed by atoms with Crippen LogP contribution in [-0.2, 0) is 12.8 Å². The third-order valence-corrected chi connectivity index (χ3v) is 2.25. The maximum Gasteiger partial charge on any atom is 0.153 e. The van der Waals surface area contributed by atoms with E-state index in [0.29, 0.717) is 5.92 Å². The van der Waals surface area contributed by atoms with Gasteiger partial charge in [0.15, 0.2) is 5.82 Å². The number of nitrogens with one attached hydrogen (secondary N) is 1. The molecule has 4 nitrogen and oxygen atoms in total. The molecule has 0 fully saturated rings. The van der Waals surface area contributed by atoms with E-state index in [0.717, 1.165) is 30.3 Å². The van der Waals surface area contributed by atoms with E-state index < -0.39 is 0 Å². The molecule has 0 aliphatic carbocycles. The van der Waals surface area contributed by atoms with Gasteiger partial charge in [-0.15, -0.1) is 0 Å². The molecule has 2 aromatic rings. The third kappa shape index (κ3) is 2.46. The van der Waals surface area contributed by atoms with Crippen molar-refractivity contribution in [1.29, 1.82) is 0 Å². The SMILES string of the molecule is CC(C)c1n[nH]c(CCc2ccco2)n1. The van der Waals surface area contributed by atoms with Crippen molar-refractivity contribution in [2.45, 2.75) is 32.6 Å². The van der Waals surface area contributed by atoms with Crippen molar-refractivity contribution in [2.24, 2.45) is 0 Å². The summed E-state index contributed by atoms with van der Waals surface area (Å²) in [6.07, 6.45) is 3.39. The lowest BCUT2D eigenvalue weighted by molar-refractivity contribution is 0.506. The fraction of sp³-hybridized carbons (Fsp3) is 0.455. The molecule has 0 atom stereocenters. The van der Waals surface area contributed by atoms with Crippen LogP contribution in [0.1, 0.15) is 37.2 Å². The summed E-state index contributed by atoms with van der Waals surface area (Å²) in [6.45, 7) is 4.17. The minimum Gasteiger partial charge on any atom is -0.469 e. The number of nitrogens with zero attached hydrogens (tertiary/aromatic N) is 2. The van der Waals surface area contributed by atoms with Gasteiger partial charge in [-0.05, 0) is 12.1 Å². The van der Waals surface area contributed by atoms with E-state index in [9.17, 15) is 0 Å². The number of aromatic nitrogens is 3. The van der Waals surface area contributed by atoms with Crippen LogP contribution < -0.4 is 0 Å². The van der Waals surface area contributed by atoms with E-state index in [4.69, 9.17) is 4.42 Å². The van der Waals surface area contributed by atoms with Crippen molar-refractivity contribution in [2.75, 3.05) is 0 Å². The molecule has 15 heavy (non-hydrogen) atoms. The van der Waals surface area contributed by atoms with Crippen molar-refractivity contribution in [1.82, 2.24) is 15.2 Å². The summed E-state index contributed by atoms with van der Waals surface area (Å²) in [5.41, 5.74) is 0. The second-order valence-corrected chi connectivity index (χ2v) is 3.87. The molecule has 2 aromatic heterocycles. The van der Waals surface area contributed by atoms with Crippen LogP contribution in [-0.4, -0.2) is 15.2 Å². The maximum absolute atomic E-state index is 5.25. The van der Waals surface area contributed by atoms with Gasteiger partial charge in [-0.1, -0.05) is 13.8 Å². The van der Waals surface area contributed by atoms with E-state index in [2.05, 4.69) is 29.0 Å². The van der Waals surface area contributed by atoms with Crippen LogP contribution in [0.5, 0.6) is 0 Å². The Morgan fingerprint density at radius 3 is 2.87 bits per heavy atom. The van der Waals surface area contributed by atoms with Crippen LogP contribution in [0.3, 0.4) is 0 Å². The van der Waals surface area contributed by atoms with Crippen LogP contribution in [0, 0.1) is 0 Å². The Morgan fingerprint density at radius 2 is 2.27 bits per heavy atom. The molecule has 4 heteroatoms. The number of hydrogen-bond donors (Lipinski definition) is 1. The van der Waals surface area contributed by atoms with Crippen molar-refractivity contribution >= 4 is 0 Å². The minimum atomic E-state index is 0.374. The van der Waals surface area contributed by atoms with Crippen molar-refractivity contribution in [3.63, 3.8) is 0 Å². The third-order valence-electron chi connectivity index (χ3n) is 2.25. The number of H-pyrrole nitrogens is 1. The molecule has 0 amide bonds. The van der Waals surface area contributed by atoms with Gasteiger partial charge in [-0.25, -0.2) is 4.98 Å². The first kappa shape index (κ1) is 9.96. The fourth-order valence-corrected chi connectivity index (χ4v) is 1.38. The highest BCUT2D eigenvalue weighted by atomic mass is 16.3. The Hall–Kier alpha value is -1.58. The molecule has 2 heterocycles. The lowest BCUT2D eigenvalue weighted by Crippen LogP contribution is -1.93. The van der Waals surface area contributed by atoms with Crippen LogP contribution in [0.4, 0.5) is 0 Å². The van der Waals surface area contributed by atoms with Gasteiger partial charge in [0.25, 0.3) is 0 Å². The van der Waals surface area contributed by atoms with Crippen LogP contribution in [0.15, 0.2) is 22.8 Å². The predicted molar refractivity (Wildman–Crippen MR) is 56.6 cm³/mol. The van der Waals surface area contributed by atoms with E-state index in [1.165, 1.54) is 0 Å². The predicted octanol–water partition coefficient (Wildman–Crippen LogP) is 2.31. The van der Waals surface area contributed by atoms with Gasteiger partial charge in [0.1, 0.15) is 11.6 Å². The maximum atomic E-state index is 5.25. The highest BCUT2D eigenvalue weighted by molar-refractivity contribution is 5.02. The summed E-state index contributed by atoms with van der Waals surface area (Å²) in [7, 11) is 0. The average Bonchev–Trinajstić information content (AvgIpc) is 2.86. The summed E-state index contributed by atoms with van der Waals surface area (Å²) in [6, 6.07) is 3.87. The molecule has 0 spiro atoms. The number of hydrogen-bond acceptors (Lipinski definition) is 3. The Balaban J connectivity index is 1.94. The minimum absolute atomic E-state index is 0.374. The second kappa shape index (κ2) is 4.29. The molecule has 0 aliphatic rings. The molecule has 0 unspecified atom stereocenters. The summed E-state index contributed by atoms with van der Waals surface area (Å²) < 4.78 is 5.25. The number of aryl methyl sites for hydroxylation is 2. The van der Waals surface area contributed by atoms with Crippen molar-refractivity contribution in [3.05, 3.63) is 35.8 Å². The monoisotopic (exact) mass is 205 g/mol. The Kier molecular flexibility index (Phi) is 2.85. The van der Waals surface area contributed by atoms with Crippen LogP contribution in [0.2, 0.25) is 0 Å². The molecule has 0 aromatic carbocycles. The topological polar surface area (TPSA) is 54.7 Å². The summed E-state index contributed by atoms with van der Waals surface area (Å²) in [5.74, 6) is 3.16. The molecule has 1 N–H and O–H groups in total. The van der Waals surface area contributed by atoms with Gasteiger partial charge in [0.05, 0.1) is 6.26 Å². The number of aromatic amines is 1. The first-order valence-electron chi connectivity index (χ1n) is 5.19. The molecule has 0 aliphatic heterocycles. The first-order valence-corrected chi connectivity index (χ1v) is 5.19. The molecule has 0 saturated carbocycles. The van der Waals surface area contributed by atoms with Crippen LogP contribution >= 0.6 is 0 Å². The van der Waals surface area contributed by atoms with Gasteiger partial charge >= 0.3 is 0 Å². The van der Waals surface area contributed by atoms with Crippen molar-refractivity contribution in [3.8, 4) is 0 Å². The van der Waals surface area contributed by atoms with E-state index >= 15 is 0 Å². The molecule has 80 valence electrons. The first-order chi connectivity index (χ1) is 7.25. The number of rotatable bonds is 4. The van der Waals surface area contributed by atoms with Gasteiger partial charge in [-0.2, -0.15) is 5.10 Å². The Labute approximate surface area is 88.7 Å². The number of furan rings is 1. The Morgan fingerprint density at radius 1 is 1.40 bits per heavy atom. The quantitative estimate of drug-likeness (QED) is 0.833. The average molecular weight is 205 g/mol. The molecule has 0 bridgehead atoms. The second-order valence-electron chi connectivity index (χ2n) is 3.87. The summed E-state index contributed by atoms with van der Waals surface area (Å²) in [5, 5.41) is 7.10. The molecular formula is C11H15N3O. The van der Waals surface area contributed by atoms with E-state index in [1.54, 1.807) is 6.26 Å². The molecular weight excluding hydrogens is 190 g/mol. The lowest BCUT2D eigenvalue weighted by atomic mass is 10.2. The summed E-state index contributed by atoms with van der Waals surface area (Å²) in [4.78, 5) is 4.40. The van der Waals surface area contributed by atoms with Crippen LogP contribution in [0.25, 0.3) is 0 Å². The standard InChI is InChI=1S/C11H15N3O/c1-8(2)11-12-10(13-14-11)6-5-9-4-3-7-15-9/h3-4,7-8H,5-6H2,1-2H3,(H,12,13,14). The molecule has 2 rings (SSSR count). The fourth-order valence-electron chi connectivity index (χ4n) is 1.38. The van der Waals surface area contributed by atoms with E-state index in [-0.39, 0.29) is 0 Å². The lowest BCUT2D eigenvalue weighted by Gasteiger charge is -1.94. The van der Waals surface area contributed by atoms with Crippen molar-refractivity contribution < 1.29 is 4.42 Å². The Bertz CT molecular complexity index is 403. The largest absolute Gasteiger partial charge is 0.469 e. The zero-order valence-electron chi connectivity index (χ0n) is 9.03. The zero-order valence-corrected chi connectivity index (χ0v) is 9.03. The normalized spacial score (nSPS) is 11.1. The summed E-state index contributed by atoms with van der Waals surface area (Å²) >= 11 is 0. The van der Waals surface area contributed by atoms with E-state index in [1.807, 2.05) is 12.1 Å². The highest BCUT2D eigenvalue weighted by Gasteiger charge is 2.07. The highest BCUT2D eigenvalue weighted by Crippen LogP contribution is 2.09.